The summed E-state index contributed by atoms with van der Waals surface area (Å²) in [7, 11) is 0. The van der Waals surface area contributed by atoms with Gasteiger partial charge in [-0.25, -0.2) is 8.78 Å². The Morgan fingerprint density at radius 3 is 2.55 bits per heavy atom. The van der Waals surface area contributed by atoms with Gasteiger partial charge in [-0.3, -0.25) is 4.79 Å². The number of halogens is 2. The van der Waals surface area contributed by atoms with Crippen molar-refractivity contribution in [2.75, 3.05) is 6.61 Å². The minimum atomic E-state index is -2.74. The van der Waals surface area contributed by atoms with Crippen molar-refractivity contribution in [1.29, 1.82) is 0 Å². The maximum atomic E-state index is 13.3. The van der Waals surface area contributed by atoms with Crippen LogP contribution in [0.4, 0.5) is 8.78 Å². The van der Waals surface area contributed by atoms with Crippen molar-refractivity contribution in [2.45, 2.75) is 43.4 Å². The van der Waals surface area contributed by atoms with E-state index in [4.69, 9.17) is 4.74 Å². The number of hydrogen-bond acceptors (Lipinski definition) is 2. The second kappa shape index (κ2) is 4.43. The summed E-state index contributed by atoms with van der Waals surface area (Å²) in [4.78, 5) is 11.7. The first kappa shape index (κ1) is 13.3. The first-order valence-corrected chi connectivity index (χ1v) is 6.80. The molecule has 0 unspecified atom stereocenters. The van der Waals surface area contributed by atoms with E-state index in [2.05, 4.69) is 0 Å². The van der Waals surface area contributed by atoms with Crippen molar-refractivity contribution in [1.82, 2.24) is 0 Å². The number of carboxylic acids is 1. The van der Waals surface area contributed by atoms with E-state index >= 15 is 0 Å². The molecule has 108 valence electrons. The van der Waals surface area contributed by atoms with Gasteiger partial charge in [0.15, 0.2) is 0 Å². The Morgan fingerprint density at radius 2 is 1.90 bits per heavy atom. The topological polar surface area (TPSA) is 46.5 Å². The smallest absolute Gasteiger partial charge is 0.314 e. The molecule has 1 aromatic carbocycles. The maximum Gasteiger partial charge on any atom is 0.314 e. The quantitative estimate of drug-likeness (QED) is 0.906. The maximum absolute atomic E-state index is 13.3. The molecule has 0 radical (unpaired) electrons. The molecule has 0 bridgehead atoms. The summed E-state index contributed by atoms with van der Waals surface area (Å²) in [6, 6.07) is 5.29. The molecule has 0 amide bonds. The Labute approximate surface area is 115 Å². The van der Waals surface area contributed by atoms with Crippen LogP contribution in [0.15, 0.2) is 18.2 Å². The van der Waals surface area contributed by atoms with Gasteiger partial charge in [0.25, 0.3) is 0 Å². The Morgan fingerprint density at radius 1 is 1.20 bits per heavy atom. The standard InChI is InChI=1S/C15H16F2O3/c16-15(17)6-4-14(5-7-15,13(18)19)11-1-2-12-10(9-11)3-8-20-12/h1-2,9H,3-8H2,(H,18,19). The largest absolute Gasteiger partial charge is 0.493 e. The molecule has 20 heavy (non-hydrogen) atoms. The van der Waals surface area contributed by atoms with Crippen LogP contribution >= 0.6 is 0 Å². The lowest BCUT2D eigenvalue weighted by molar-refractivity contribution is -0.149. The second-order valence-electron chi connectivity index (χ2n) is 5.66. The fourth-order valence-electron chi connectivity index (χ4n) is 3.15. The molecular formula is C15H16F2O3. The average molecular weight is 282 g/mol. The van der Waals surface area contributed by atoms with Crippen LogP contribution in [-0.2, 0) is 16.6 Å². The van der Waals surface area contributed by atoms with Gasteiger partial charge >= 0.3 is 5.97 Å². The number of benzene rings is 1. The normalized spacial score (nSPS) is 22.9. The molecule has 0 saturated heterocycles. The molecule has 1 saturated carbocycles. The zero-order chi connectivity index (χ0) is 14.4. The van der Waals surface area contributed by atoms with Crippen molar-refractivity contribution < 1.29 is 23.4 Å². The van der Waals surface area contributed by atoms with Gasteiger partial charge in [-0.1, -0.05) is 12.1 Å². The summed E-state index contributed by atoms with van der Waals surface area (Å²) >= 11 is 0. The first-order valence-electron chi connectivity index (χ1n) is 6.80. The van der Waals surface area contributed by atoms with E-state index in [-0.39, 0.29) is 25.7 Å². The summed E-state index contributed by atoms with van der Waals surface area (Å²) < 4.78 is 32.1. The van der Waals surface area contributed by atoms with Gasteiger partial charge in [0.05, 0.1) is 12.0 Å². The van der Waals surface area contributed by atoms with E-state index < -0.39 is 17.3 Å². The van der Waals surface area contributed by atoms with Gasteiger partial charge in [-0.15, -0.1) is 0 Å². The third-order valence-electron chi connectivity index (χ3n) is 4.49. The number of rotatable bonds is 2. The highest BCUT2D eigenvalue weighted by Crippen LogP contribution is 2.46. The van der Waals surface area contributed by atoms with Crippen molar-refractivity contribution in [3.05, 3.63) is 29.3 Å². The molecule has 2 aliphatic rings. The van der Waals surface area contributed by atoms with Crippen molar-refractivity contribution >= 4 is 5.97 Å². The predicted molar refractivity (Wildman–Crippen MR) is 68.4 cm³/mol. The van der Waals surface area contributed by atoms with Crippen LogP contribution in [0.1, 0.15) is 36.8 Å². The van der Waals surface area contributed by atoms with Gasteiger partial charge in [0.2, 0.25) is 5.92 Å². The molecular weight excluding hydrogens is 266 g/mol. The Balaban J connectivity index is 1.97. The van der Waals surface area contributed by atoms with Crippen LogP contribution in [0.5, 0.6) is 5.75 Å². The number of hydrogen-bond donors (Lipinski definition) is 1. The molecule has 0 spiro atoms. The Bertz CT molecular complexity index is 544. The van der Waals surface area contributed by atoms with E-state index in [0.29, 0.717) is 12.2 Å². The van der Waals surface area contributed by atoms with Crippen LogP contribution in [0.2, 0.25) is 0 Å². The molecule has 1 fully saturated rings. The fraction of sp³-hybridized carbons (Fsp3) is 0.533. The SMILES string of the molecule is O=C(O)C1(c2ccc3c(c2)CCO3)CCC(F)(F)CC1. The number of aliphatic carboxylic acids is 1. The summed E-state index contributed by atoms with van der Waals surface area (Å²) in [5, 5.41) is 9.58. The lowest BCUT2D eigenvalue weighted by Crippen LogP contribution is -2.42. The van der Waals surface area contributed by atoms with Crippen LogP contribution < -0.4 is 4.74 Å². The van der Waals surface area contributed by atoms with E-state index in [1.54, 1.807) is 12.1 Å². The highest BCUT2D eigenvalue weighted by Gasteiger charge is 2.49. The Hall–Kier alpha value is -1.65. The van der Waals surface area contributed by atoms with Crippen molar-refractivity contribution in [3.63, 3.8) is 0 Å². The molecule has 1 heterocycles. The van der Waals surface area contributed by atoms with E-state index in [1.165, 1.54) is 0 Å². The number of ether oxygens (including phenoxy) is 1. The van der Waals surface area contributed by atoms with Crippen LogP contribution in [0.3, 0.4) is 0 Å². The molecule has 3 nitrogen and oxygen atoms in total. The second-order valence-corrected chi connectivity index (χ2v) is 5.66. The predicted octanol–water partition coefficient (Wildman–Crippen LogP) is 3.15. The van der Waals surface area contributed by atoms with Gasteiger partial charge in [-0.2, -0.15) is 0 Å². The lowest BCUT2D eigenvalue weighted by Gasteiger charge is -2.37. The summed E-state index contributed by atoms with van der Waals surface area (Å²) in [6.07, 6.45) is -0.0290. The average Bonchev–Trinajstić information content (AvgIpc) is 2.86. The van der Waals surface area contributed by atoms with E-state index in [0.717, 1.165) is 17.7 Å². The summed E-state index contributed by atoms with van der Waals surface area (Å²) in [5.74, 6) is -2.97. The molecule has 0 aromatic heterocycles. The van der Waals surface area contributed by atoms with Gasteiger partial charge in [-0.05, 0) is 30.0 Å². The summed E-state index contributed by atoms with van der Waals surface area (Å²) in [6.45, 7) is 0.594. The first-order chi connectivity index (χ1) is 9.43. The van der Waals surface area contributed by atoms with Crippen LogP contribution in [0, 0.1) is 0 Å². The highest BCUT2D eigenvalue weighted by molar-refractivity contribution is 5.81. The van der Waals surface area contributed by atoms with Gasteiger partial charge in [0.1, 0.15) is 5.75 Å². The molecule has 0 atom stereocenters. The van der Waals surface area contributed by atoms with E-state index in [1.807, 2.05) is 6.07 Å². The molecule has 5 heteroatoms. The molecule has 1 aliphatic heterocycles. The number of alkyl halides is 2. The molecule has 3 rings (SSSR count). The van der Waals surface area contributed by atoms with Crippen LogP contribution in [0.25, 0.3) is 0 Å². The molecule has 1 aliphatic carbocycles. The monoisotopic (exact) mass is 282 g/mol. The zero-order valence-electron chi connectivity index (χ0n) is 11.0. The number of carboxylic acid groups (broad SMARTS) is 1. The van der Waals surface area contributed by atoms with Gasteiger partial charge < -0.3 is 9.84 Å². The molecule has 1 aromatic rings. The van der Waals surface area contributed by atoms with Crippen molar-refractivity contribution in [2.24, 2.45) is 0 Å². The number of fused-ring (bicyclic) bond motifs is 1. The highest BCUT2D eigenvalue weighted by atomic mass is 19.3. The van der Waals surface area contributed by atoms with Crippen molar-refractivity contribution in [3.8, 4) is 5.75 Å². The minimum Gasteiger partial charge on any atom is -0.493 e. The third-order valence-corrected chi connectivity index (χ3v) is 4.49. The van der Waals surface area contributed by atoms with Crippen LogP contribution in [-0.4, -0.2) is 23.6 Å². The zero-order valence-corrected chi connectivity index (χ0v) is 11.0. The fourth-order valence-corrected chi connectivity index (χ4v) is 3.15. The Kier molecular flexibility index (Phi) is 2.96. The lowest BCUT2D eigenvalue weighted by atomic mass is 9.68. The number of carbonyl (C=O) groups is 1. The van der Waals surface area contributed by atoms with Gasteiger partial charge in [0, 0.05) is 19.3 Å². The molecule has 1 N–H and O–H groups in total. The third kappa shape index (κ3) is 2.05. The van der Waals surface area contributed by atoms with E-state index in [9.17, 15) is 18.7 Å². The minimum absolute atomic E-state index is 0.0189. The summed E-state index contributed by atoms with van der Waals surface area (Å²) in [5.41, 5.74) is 0.421.